The molecule has 0 aromatic carbocycles. The van der Waals surface area contributed by atoms with Gasteiger partial charge in [0, 0.05) is 0 Å². The van der Waals surface area contributed by atoms with E-state index in [1.54, 1.807) is 0 Å². The lowest BCUT2D eigenvalue weighted by Crippen LogP contribution is -2.18. The highest BCUT2D eigenvalue weighted by atomic mass is 31.2. The molecule has 0 radical (unpaired) electrons. The monoisotopic (exact) mass is 135 g/mol. The van der Waals surface area contributed by atoms with Crippen molar-refractivity contribution in [2.24, 2.45) is 0 Å². The summed E-state index contributed by atoms with van der Waals surface area (Å²) in [6.07, 6.45) is 1.99. The first kappa shape index (κ1) is 6.43. The van der Waals surface area contributed by atoms with Crippen LogP contribution in [0.1, 0.15) is 12.8 Å². The molecule has 3 N–H and O–H groups in total. The maximum Gasteiger partial charge on any atom is 0.183 e. The molecule has 48 valence electrons. The summed E-state index contributed by atoms with van der Waals surface area (Å²) >= 11 is 0. The minimum atomic E-state index is -1.71. The zero-order chi connectivity index (χ0) is 5.98. The van der Waals surface area contributed by atoms with Gasteiger partial charge in [-0.15, -0.1) is 0 Å². The number of hydrogen-bond donors (Lipinski definition) is 3. The molecular weight excluding hydrogens is 125 g/mol. The summed E-state index contributed by atoms with van der Waals surface area (Å²) in [4.78, 5) is 17.2. The third-order valence-electron chi connectivity index (χ3n) is 1.31. The van der Waals surface area contributed by atoms with Gasteiger partial charge in [-0.1, -0.05) is 0 Å². The van der Waals surface area contributed by atoms with Crippen molar-refractivity contribution in [1.82, 2.24) is 5.32 Å². The van der Waals surface area contributed by atoms with E-state index >= 15 is 0 Å². The number of hydrogen-bond acceptors (Lipinski definition) is 3. The van der Waals surface area contributed by atoms with Crippen LogP contribution in [0, 0.1) is 0 Å². The van der Waals surface area contributed by atoms with Crippen LogP contribution in [0.2, 0.25) is 0 Å². The summed E-state index contributed by atoms with van der Waals surface area (Å²) in [5, 5.41) is 2.98. The van der Waals surface area contributed by atoms with Crippen molar-refractivity contribution in [1.29, 1.82) is 0 Å². The molecule has 0 bridgehead atoms. The van der Waals surface area contributed by atoms with E-state index in [4.69, 9.17) is 9.79 Å². The van der Waals surface area contributed by atoms with Crippen LogP contribution < -0.4 is 5.32 Å². The second-order valence-electron chi connectivity index (χ2n) is 1.93. The molecule has 1 heterocycles. The predicted octanol–water partition coefficient (Wildman–Crippen LogP) is -0.00760. The van der Waals surface area contributed by atoms with Crippen LogP contribution in [-0.2, 0) is 0 Å². The second-order valence-corrected chi connectivity index (χ2v) is 3.20. The maximum atomic E-state index is 8.61. The molecule has 1 rings (SSSR count). The van der Waals surface area contributed by atoms with Gasteiger partial charge in [-0.05, 0) is 19.4 Å². The Bertz CT molecular complexity index is 72.4. The Balaban J connectivity index is 2.24. The van der Waals surface area contributed by atoms with E-state index < -0.39 is 8.38 Å². The van der Waals surface area contributed by atoms with Crippen LogP contribution in [-0.4, -0.2) is 22.1 Å². The van der Waals surface area contributed by atoms with Gasteiger partial charge in [0.2, 0.25) is 0 Å². The molecule has 0 spiro atoms. The Morgan fingerprint density at radius 3 is 2.50 bits per heavy atom. The van der Waals surface area contributed by atoms with Gasteiger partial charge in [-0.25, -0.2) is 0 Å². The zero-order valence-corrected chi connectivity index (χ0v) is 5.43. The fraction of sp³-hybridized carbons (Fsp3) is 1.00. The van der Waals surface area contributed by atoms with Crippen LogP contribution in [0.5, 0.6) is 0 Å². The quantitative estimate of drug-likeness (QED) is 0.443. The standard InChI is InChI=1S/C4H10NO2P/c6-8(7)4-2-1-3-5-4/h4-7H,1-3H2. The molecule has 1 unspecified atom stereocenters. The molecule has 1 fully saturated rings. The van der Waals surface area contributed by atoms with E-state index in [9.17, 15) is 0 Å². The fourth-order valence-electron chi connectivity index (χ4n) is 0.863. The molecule has 0 aromatic heterocycles. The molecule has 0 saturated carbocycles. The molecule has 3 nitrogen and oxygen atoms in total. The third kappa shape index (κ3) is 1.39. The first-order valence-electron chi connectivity index (χ1n) is 2.71. The van der Waals surface area contributed by atoms with Crippen molar-refractivity contribution in [3.8, 4) is 0 Å². The van der Waals surface area contributed by atoms with Gasteiger partial charge in [0.25, 0.3) is 0 Å². The van der Waals surface area contributed by atoms with Gasteiger partial charge >= 0.3 is 0 Å². The van der Waals surface area contributed by atoms with Gasteiger partial charge in [0.05, 0.1) is 5.78 Å². The van der Waals surface area contributed by atoms with E-state index in [0.29, 0.717) is 0 Å². The second kappa shape index (κ2) is 2.74. The maximum absolute atomic E-state index is 8.61. The molecule has 1 aliphatic rings. The SMILES string of the molecule is OP(O)C1CCCN1. The summed E-state index contributed by atoms with van der Waals surface area (Å²) in [6, 6.07) is 0. The van der Waals surface area contributed by atoms with Crippen molar-refractivity contribution in [3.05, 3.63) is 0 Å². The van der Waals surface area contributed by atoms with Crippen LogP contribution in [0.15, 0.2) is 0 Å². The van der Waals surface area contributed by atoms with Crippen LogP contribution >= 0.6 is 8.38 Å². The Morgan fingerprint density at radius 1 is 1.50 bits per heavy atom. The first-order valence-corrected chi connectivity index (χ1v) is 4.03. The summed E-state index contributed by atoms with van der Waals surface area (Å²) in [6.45, 7) is 0.935. The number of rotatable bonds is 1. The van der Waals surface area contributed by atoms with E-state index in [-0.39, 0.29) is 5.78 Å². The van der Waals surface area contributed by atoms with E-state index in [1.807, 2.05) is 0 Å². The Morgan fingerprint density at radius 2 is 2.25 bits per heavy atom. The highest BCUT2D eigenvalue weighted by Crippen LogP contribution is 2.33. The van der Waals surface area contributed by atoms with Gasteiger partial charge in [-0.3, -0.25) is 0 Å². The van der Waals surface area contributed by atoms with Crippen LogP contribution in [0.3, 0.4) is 0 Å². The third-order valence-corrected chi connectivity index (χ3v) is 2.31. The van der Waals surface area contributed by atoms with E-state index in [0.717, 1.165) is 19.4 Å². The molecule has 1 saturated heterocycles. The molecule has 0 aromatic rings. The minimum Gasteiger partial charge on any atom is -0.349 e. The van der Waals surface area contributed by atoms with Crippen molar-refractivity contribution < 1.29 is 9.79 Å². The molecule has 4 heteroatoms. The first-order chi connectivity index (χ1) is 3.80. The molecule has 1 aliphatic heterocycles. The van der Waals surface area contributed by atoms with E-state index in [1.165, 1.54) is 0 Å². The largest absolute Gasteiger partial charge is 0.349 e. The van der Waals surface area contributed by atoms with Crippen molar-refractivity contribution in [3.63, 3.8) is 0 Å². The van der Waals surface area contributed by atoms with Gasteiger partial charge in [0.1, 0.15) is 0 Å². The van der Waals surface area contributed by atoms with Crippen molar-refractivity contribution in [2.45, 2.75) is 18.6 Å². The summed E-state index contributed by atoms with van der Waals surface area (Å²) in [5.74, 6) is -0.00926. The van der Waals surface area contributed by atoms with Crippen LogP contribution in [0.4, 0.5) is 0 Å². The molecule has 8 heavy (non-hydrogen) atoms. The summed E-state index contributed by atoms with van der Waals surface area (Å²) in [7, 11) is -1.71. The minimum absolute atomic E-state index is 0.00926. The molecule has 0 aliphatic carbocycles. The van der Waals surface area contributed by atoms with Crippen molar-refractivity contribution in [2.75, 3.05) is 6.54 Å². The molecular formula is C4H10NO2P. The smallest absolute Gasteiger partial charge is 0.183 e. The van der Waals surface area contributed by atoms with Gasteiger partial charge < -0.3 is 15.1 Å². The summed E-state index contributed by atoms with van der Waals surface area (Å²) < 4.78 is 0. The topological polar surface area (TPSA) is 52.5 Å². The Hall–Kier alpha value is 0.310. The lowest BCUT2D eigenvalue weighted by atomic mass is 10.4. The fourth-order valence-corrected chi connectivity index (χ4v) is 1.57. The Labute approximate surface area is 49.6 Å². The van der Waals surface area contributed by atoms with Gasteiger partial charge in [0.15, 0.2) is 8.38 Å². The zero-order valence-electron chi connectivity index (χ0n) is 4.54. The normalized spacial score (nSPS) is 29.6. The average molecular weight is 135 g/mol. The van der Waals surface area contributed by atoms with E-state index in [2.05, 4.69) is 5.32 Å². The van der Waals surface area contributed by atoms with Crippen LogP contribution in [0.25, 0.3) is 0 Å². The van der Waals surface area contributed by atoms with Crippen molar-refractivity contribution >= 4 is 8.38 Å². The number of nitrogens with one attached hydrogen (secondary N) is 1. The Kier molecular flexibility index (Phi) is 2.20. The molecule has 1 atom stereocenters. The highest BCUT2D eigenvalue weighted by molar-refractivity contribution is 7.45. The summed E-state index contributed by atoms with van der Waals surface area (Å²) in [5.41, 5.74) is 0. The predicted molar refractivity (Wildman–Crippen MR) is 32.4 cm³/mol. The lowest BCUT2D eigenvalue weighted by Gasteiger charge is -2.09. The lowest BCUT2D eigenvalue weighted by molar-refractivity contribution is 0.458. The average Bonchev–Trinajstić information content (AvgIpc) is 2.12. The molecule has 0 amide bonds. The highest BCUT2D eigenvalue weighted by Gasteiger charge is 2.20. The van der Waals surface area contributed by atoms with Gasteiger partial charge in [-0.2, -0.15) is 0 Å².